The highest BCUT2D eigenvalue weighted by Gasteiger charge is 2.11. The smallest absolute Gasteiger partial charge is 0.133 e. The van der Waals surface area contributed by atoms with Gasteiger partial charge in [-0.25, -0.2) is 0 Å². The fourth-order valence-corrected chi connectivity index (χ4v) is 1.54. The van der Waals surface area contributed by atoms with Crippen LogP contribution in [-0.2, 0) is 0 Å². The number of hydrogen-bond acceptors (Lipinski definition) is 4. The third-order valence-electron chi connectivity index (χ3n) is 2.17. The Labute approximate surface area is 86.8 Å². The second-order valence-corrected chi connectivity index (χ2v) is 3.13. The van der Waals surface area contributed by atoms with Crippen molar-refractivity contribution in [2.75, 3.05) is 12.3 Å². The van der Waals surface area contributed by atoms with Gasteiger partial charge in [-0.3, -0.25) is 4.99 Å². The number of anilines is 1. The summed E-state index contributed by atoms with van der Waals surface area (Å²) in [4.78, 5) is 5.09. The van der Waals surface area contributed by atoms with E-state index in [1.165, 1.54) is 6.20 Å². The van der Waals surface area contributed by atoms with Gasteiger partial charge in [-0.05, 0) is 25.1 Å². The lowest BCUT2D eigenvalue weighted by Gasteiger charge is -2.10. The van der Waals surface area contributed by atoms with Crippen molar-refractivity contribution in [3.63, 3.8) is 0 Å². The Morgan fingerprint density at radius 2 is 2.27 bits per heavy atom. The number of fused-ring (bicyclic) bond motifs is 1. The number of hydrogen-bond donors (Lipinski definition) is 2. The van der Waals surface area contributed by atoms with Crippen LogP contribution in [0.5, 0.6) is 0 Å². The summed E-state index contributed by atoms with van der Waals surface area (Å²) in [6.07, 6.45) is 1.51. The number of nitrogens with zero attached hydrogens (tertiary/aromatic N) is 3. The Kier molecular flexibility index (Phi) is 2.29. The van der Waals surface area contributed by atoms with E-state index in [9.17, 15) is 5.21 Å². The molecule has 2 aliphatic rings. The van der Waals surface area contributed by atoms with Crippen LogP contribution in [0.2, 0.25) is 0 Å². The van der Waals surface area contributed by atoms with Crippen molar-refractivity contribution in [2.45, 2.75) is 6.92 Å². The maximum Gasteiger partial charge on any atom is 0.133 e. The van der Waals surface area contributed by atoms with Gasteiger partial charge in [0.05, 0.1) is 17.2 Å². The van der Waals surface area contributed by atoms with Crippen LogP contribution in [-0.4, -0.2) is 21.7 Å². The molecule has 3 N–H and O–H groups in total. The van der Waals surface area contributed by atoms with Gasteiger partial charge in [0.1, 0.15) is 5.69 Å². The van der Waals surface area contributed by atoms with Gasteiger partial charge in [0.2, 0.25) is 0 Å². The number of nitrogen functional groups attached to an aromatic ring is 1. The first-order valence-electron chi connectivity index (χ1n) is 4.70. The lowest BCUT2D eigenvalue weighted by molar-refractivity contribution is 0.149. The molecule has 0 amide bonds. The van der Waals surface area contributed by atoms with E-state index in [4.69, 9.17) is 5.73 Å². The van der Waals surface area contributed by atoms with Gasteiger partial charge in [-0.2, -0.15) is 0 Å². The van der Waals surface area contributed by atoms with E-state index < -0.39 is 0 Å². The molecule has 0 aromatic heterocycles. The minimum absolute atomic E-state index is 0.482. The fraction of sp³-hybridized carbons (Fsp3) is 0.200. The van der Waals surface area contributed by atoms with E-state index in [0.29, 0.717) is 17.9 Å². The standard InChI is InChI=1S/C10H12N4O/c1-2-12-9-4-3-8(11)10-7(9)5-6-13-14(10)15/h3-6,15H,2,11H2,1H3. The summed E-state index contributed by atoms with van der Waals surface area (Å²) in [6.45, 7) is 2.64. The predicted molar refractivity (Wildman–Crippen MR) is 56.5 cm³/mol. The molecule has 0 spiro atoms. The molecule has 78 valence electrons. The molecule has 0 aromatic carbocycles. The molecule has 0 fully saturated rings. The SMILES string of the molecule is CCN=c1ccc(N)c2n(O)nccc1-2. The Hall–Kier alpha value is -2.04. The molecule has 5 heteroatoms. The molecule has 0 saturated carbocycles. The lowest BCUT2D eigenvalue weighted by atomic mass is 10.1. The minimum Gasteiger partial charge on any atom is -0.411 e. The molecular formula is C10H12N4O. The van der Waals surface area contributed by atoms with Gasteiger partial charge in [0.15, 0.2) is 0 Å². The molecule has 0 unspecified atom stereocenters. The summed E-state index contributed by atoms with van der Waals surface area (Å²) in [5.74, 6) is 0. The minimum atomic E-state index is 0.482. The van der Waals surface area contributed by atoms with Crippen LogP contribution in [0.25, 0.3) is 11.3 Å². The molecule has 0 bridgehead atoms. The molecule has 1 aliphatic heterocycles. The maximum absolute atomic E-state index is 9.53. The normalized spacial score (nSPS) is 12.2. The molecule has 1 heterocycles. The second kappa shape index (κ2) is 3.61. The van der Waals surface area contributed by atoms with Crippen molar-refractivity contribution < 1.29 is 5.21 Å². The zero-order valence-corrected chi connectivity index (χ0v) is 8.38. The monoisotopic (exact) mass is 204 g/mol. The van der Waals surface area contributed by atoms with Crippen molar-refractivity contribution in [3.05, 3.63) is 29.8 Å². The molecule has 1 aliphatic carbocycles. The van der Waals surface area contributed by atoms with Gasteiger partial charge < -0.3 is 10.9 Å². The van der Waals surface area contributed by atoms with E-state index in [-0.39, 0.29) is 0 Å². The van der Waals surface area contributed by atoms with Gasteiger partial charge >= 0.3 is 0 Å². The van der Waals surface area contributed by atoms with E-state index in [1.54, 1.807) is 12.1 Å². The van der Waals surface area contributed by atoms with E-state index in [0.717, 1.165) is 15.8 Å². The Morgan fingerprint density at radius 3 is 3.00 bits per heavy atom. The summed E-state index contributed by atoms with van der Waals surface area (Å²) >= 11 is 0. The van der Waals surface area contributed by atoms with Crippen LogP contribution in [0, 0.1) is 0 Å². The van der Waals surface area contributed by atoms with Crippen LogP contribution in [0.1, 0.15) is 6.92 Å². The number of benzene rings is 1. The van der Waals surface area contributed by atoms with Crippen molar-refractivity contribution in [1.29, 1.82) is 0 Å². The summed E-state index contributed by atoms with van der Waals surface area (Å²) in [6, 6.07) is 5.33. The Morgan fingerprint density at radius 1 is 1.47 bits per heavy atom. The maximum atomic E-state index is 9.53. The van der Waals surface area contributed by atoms with Gasteiger partial charge in [0.25, 0.3) is 0 Å². The molecule has 0 atom stereocenters. The van der Waals surface area contributed by atoms with E-state index in [1.807, 2.05) is 13.0 Å². The fourth-order valence-electron chi connectivity index (χ4n) is 1.54. The molecule has 5 nitrogen and oxygen atoms in total. The number of aromatic nitrogens is 2. The summed E-state index contributed by atoms with van der Waals surface area (Å²) in [5.41, 5.74) is 7.53. The molecule has 0 aromatic rings. The van der Waals surface area contributed by atoms with Crippen LogP contribution in [0.3, 0.4) is 0 Å². The zero-order valence-electron chi connectivity index (χ0n) is 8.38. The van der Waals surface area contributed by atoms with Crippen molar-refractivity contribution >= 4 is 5.69 Å². The summed E-state index contributed by atoms with van der Waals surface area (Å²) in [7, 11) is 0. The molecule has 0 saturated heterocycles. The highest BCUT2D eigenvalue weighted by atomic mass is 16.5. The molecule has 15 heavy (non-hydrogen) atoms. The summed E-state index contributed by atoms with van der Waals surface area (Å²) in [5, 5.41) is 14.1. The largest absolute Gasteiger partial charge is 0.411 e. The average Bonchev–Trinajstić information content (AvgIpc) is 2.22. The molecule has 2 rings (SSSR count). The first kappa shape index (κ1) is 9.51. The van der Waals surface area contributed by atoms with Crippen LogP contribution < -0.4 is 11.1 Å². The van der Waals surface area contributed by atoms with Crippen LogP contribution in [0.4, 0.5) is 5.69 Å². The lowest BCUT2D eigenvalue weighted by Crippen LogP contribution is -2.15. The van der Waals surface area contributed by atoms with E-state index in [2.05, 4.69) is 10.1 Å². The van der Waals surface area contributed by atoms with Crippen molar-refractivity contribution in [2.24, 2.45) is 4.99 Å². The topological polar surface area (TPSA) is 76.4 Å². The number of nitrogens with two attached hydrogens (primary N) is 1. The first-order chi connectivity index (χ1) is 7.24. The number of rotatable bonds is 1. The van der Waals surface area contributed by atoms with Crippen molar-refractivity contribution in [3.8, 4) is 11.3 Å². The highest BCUT2D eigenvalue weighted by Crippen LogP contribution is 2.21. The first-order valence-corrected chi connectivity index (χ1v) is 4.70. The Balaban J connectivity index is 2.85. The Bertz CT molecular complexity index is 518. The summed E-state index contributed by atoms with van der Waals surface area (Å²) < 4.78 is 0. The van der Waals surface area contributed by atoms with Crippen molar-refractivity contribution in [1.82, 2.24) is 9.94 Å². The van der Waals surface area contributed by atoms with E-state index >= 15 is 0 Å². The van der Waals surface area contributed by atoms with Gasteiger partial charge in [0, 0.05) is 12.1 Å². The molecular weight excluding hydrogens is 192 g/mol. The van der Waals surface area contributed by atoms with Gasteiger partial charge in [-0.1, -0.05) is 4.85 Å². The molecule has 0 radical (unpaired) electrons. The third kappa shape index (κ3) is 1.52. The predicted octanol–water partition coefficient (Wildman–Crippen LogP) is 0.728. The van der Waals surface area contributed by atoms with Crippen LogP contribution >= 0.6 is 0 Å². The second-order valence-electron chi connectivity index (χ2n) is 3.13. The highest BCUT2D eigenvalue weighted by molar-refractivity contribution is 5.73. The van der Waals surface area contributed by atoms with Crippen LogP contribution in [0.15, 0.2) is 29.4 Å². The van der Waals surface area contributed by atoms with Gasteiger partial charge in [-0.15, -0.1) is 5.10 Å². The average molecular weight is 204 g/mol. The third-order valence-corrected chi connectivity index (χ3v) is 2.17. The quantitative estimate of drug-likeness (QED) is 0.531. The zero-order chi connectivity index (χ0) is 10.8.